The summed E-state index contributed by atoms with van der Waals surface area (Å²) in [6.45, 7) is 12.4. The molecule has 0 amide bonds. The van der Waals surface area contributed by atoms with Gasteiger partial charge in [0.25, 0.3) is 0 Å². The monoisotopic (exact) mass is 318 g/mol. The third-order valence-corrected chi connectivity index (χ3v) is 7.34. The number of hydrogen-bond donors (Lipinski definition) is 2. The molecule has 0 aromatic rings. The second-order valence-corrected chi connectivity index (χ2v) is 8.88. The number of rotatable bonds is 1. The highest BCUT2D eigenvalue weighted by atomic mass is 16.3. The van der Waals surface area contributed by atoms with Gasteiger partial charge in [-0.1, -0.05) is 40.3 Å². The van der Waals surface area contributed by atoms with Crippen molar-refractivity contribution in [1.29, 1.82) is 0 Å². The van der Waals surface area contributed by atoms with Crippen LogP contribution in [0.15, 0.2) is 24.3 Å². The lowest BCUT2D eigenvalue weighted by molar-refractivity contribution is -0.212. The van der Waals surface area contributed by atoms with Crippen LogP contribution in [0.5, 0.6) is 0 Å². The quantitative estimate of drug-likeness (QED) is 0.781. The van der Waals surface area contributed by atoms with Crippen LogP contribution in [0.3, 0.4) is 0 Å². The van der Waals surface area contributed by atoms with Gasteiger partial charge in [-0.3, -0.25) is 4.79 Å². The molecule has 0 spiro atoms. The Morgan fingerprint density at radius 1 is 1.26 bits per heavy atom. The summed E-state index contributed by atoms with van der Waals surface area (Å²) >= 11 is 0. The van der Waals surface area contributed by atoms with Gasteiger partial charge in [0.05, 0.1) is 12.2 Å². The summed E-state index contributed by atoms with van der Waals surface area (Å²) in [4.78, 5) is 12.9. The molecule has 0 aromatic carbocycles. The molecule has 23 heavy (non-hydrogen) atoms. The number of ketones is 1. The Morgan fingerprint density at radius 2 is 1.91 bits per heavy atom. The van der Waals surface area contributed by atoms with Crippen molar-refractivity contribution >= 4 is 5.78 Å². The average molecular weight is 318 g/mol. The molecular formula is C20H30O3. The molecule has 2 N–H and O–H groups in total. The maximum atomic E-state index is 12.9. The normalized spacial score (nSPS) is 49.0. The van der Waals surface area contributed by atoms with Gasteiger partial charge in [0.15, 0.2) is 5.78 Å². The van der Waals surface area contributed by atoms with Gasteiger partial charge in [-0.05, 0) is 54.1 Å². The fourth-order valence-electron chi connectivity index (χ4n) is 6.28. The van der Waals surface area contributed by atoms with Crippen LogP contribution in [-0.4, -0.2) is 28.2 Å². The molecule has 3 rings (SSSR count). The minimum absolute atomic E-state index is 0.0652. The first-order chi connectivity index (χ1) is 10.6. The van der Waals surface area contributed by atoms with E-state index in [-0.39, 0.29) is 34.9 Å². The molecule has 0 bridgehead atoms. The summed E-state index contributed by atoms with van der Waals surface area (Å²) in [6, 6.07) is 0. The molecule has 3 nitrogen and oxygen atoms in total. The van der Waals surface area contributed by atoms with Gasteiger partial charge >= 0.3 is 0 Å². The van der Waals surface area contributed by atoms with Crippen LogP contribution in [0, 0.1) is 34.5 Å². The third kappa shape index (κ3) is 2.20. The molecule has 0 heterocycles. The summed E-state index contributed by atoms with van der Waals surface area (Å²) in [7, 11) is 0. The molecule has 0 radical (unpaired) electrons. The number of carbonyl (C=O) groups is 1. The van der Waals surface area contributed by atoms with E-state index in [1.807, 2.05) is 6.92 Å². The molecule has 3 aliphatic rings. The van der Waals surface area contributed by atoms with Gasteiger partial charge in [-0.2, -0.15) is 0 Å². The molecule has 0 aliphatic heterocycles. The fraction of sp³-hybridized carbons (Fsp3) is 0.750. The topological polar surface area (TPSA) is 57.5 Å². The van der Waals surface area contributed by atoms with Crippen molar-refractivity contribution in [3.63, 3.8) is 0 Å². The van der Waals surface area contributed by atoms with E-state index in [1.165, 1.54) is 0 Å². The minimum atomic E-state index is -0.830. The molecule has 7 unspecified atom stereocenters. The van der Waals surface area contributed by atoms with Gasteiger partial charge < -0.3 is 10.2 Å². The maximum absolute atomic E-state index is 12.9. The number of aliphatic hydroxyl groups is 2. The molecule has 3 heteroatoms. The van der Waals surface area contributed by atoms with E-state index in [4.69, 9.17) is 0 Å². The Hall–Kier alpha value is -0.930. The lowest BCUT2D eigenvalue weighted by Crippen LogP contribution is -2.65. The van der Waals surface area contributed by atoms with Crippen LogP contribution in [0.25, 0.3) is 0 Å². The number of aliphatic hydroxyl groups excluding tert-OH is 2. The highest BCUT2D eigenvalue weighted by Crippen LogP contribution is 2.63. The molecule has 2 fully saturated rings. The Kier molecular flexibility index (Phi) is 3.89. The first-order valence-corrected chi connectivity index (χ1v) is 8.88. The zero-order chi connectivity index (χ0) is 17.2. The number of hydrogen-bond acceptors (Lipinski definition) is 3. The van der Waals surface area contributed by atoms with Crippen molar-refractivity contribution in [2.24, 2.45) is 34.5 Å². The zero-order valence-corrected chi connectivity index (χ0v) is 14.7. The van der Waals surface area contributed by atoms with Gasteiger partial charge in [-0.15, -0.1) is 0 Å². The smallest absolute Gasteiger partial charge is 0.159 e. The second kappa shape index (κ2) is 5.29. The van der Waals surface area contributed by atoms with Crippen molar-refractivity contribution in [2.75, 3.05) is 0 Å². The molecule has 2 saturated carbocycles. The minimum Gasteiger partial charge on any atom is -0.390 e. The van der Waals surface area contributed by atoms with Crippen LogP contribution >= 0.6 is 0 Å². The van der Waals surface area contributed by atoms with E-state index >= 15 is 0 Å². The molecule has 128 valence electrons. The van der Waals surface area contributed by atoms with Gasteiger partial charge in [-0.25, -0.2) is 0 Å². The first-order valence-electron chi connectivity index (χ1n) is 8.88. The maximum Gasteiger partial charge on any atom is 0.159 e. The van der Waals surface area contributed by atoms with E-state index in [1.54, 1.807) is 12.2 Å². The van der Waals surface area contributed by atoms with Crippen molar-refractivity contribution in [2.45, 2.75) is 59.2 Å². The van der Waals surface area contributed by atoms with Gasteiger partial charge in [0.1, 0.15) is 0 Å². The summed E-state index contributed by atoms with van der Waals surface area (Å²) in [5.74, 6) is 0.674. The fourth-order valence-corrected chi connectivity index (χ4v) is 6.28. The predicted molar refractivity (Wildman–Crippen MR) is 90.7 cm³/mol. The summed E-state index contributed by atoms with van der Waals surface area (Å²) in [5, 5.41) is 21.4. The average Bonchev–Trinajstić information content (AvgIpc) is 2.47. The Bertz CT molecular complexity index is 561. The Morgan fingerprint density at radius 3 is 2.52 bits per heavy atom. The Balaban J connectivity index is 2.11. The van der Waals surface area contributed by atoms with Crippen LogP contribution in [-0.2, 0) is 4.79 Å². The lowest BCUT2D eigenvalue weighted by Gasteiger charge is -2.63. The van der Waals surface area contributed by atoms with Gasteiger partial charge in [0.2, 0.25) is 0 Å². The highest BCUT2D eigenvalue weighted by molar-refractivity contribution is 5.95. The van der Waals surface area contributed by atoms with Crippen molar-refractivity contribution < 1.29 is 15.0 Å². The van der Waals surface area contributed by atoms with E-state index in [0.29, 0.717) is 6.42 Å². The summed E-state index contributed by atoms with van der Waals surface area (Å²) in [6.07, 6.45) is 4.56. The number of fused-ring (bicyclic) bond motifs is 3. The third-order valence-electron chi connectivity index (χ3n) is 7.34. The largest absolute Gasteiger partial charge is 0.390 e. The van der Waals surface area contributed by atoms with Crippen molar-refractivity contribution in [3.8, 4) is 0 Å². The second-order valence-electron chi connectivity index (χ2n) is 8.88. The lowest BCUT2D eigenvalue weighted by atomic mass is 9.42. The Labute approximate surface area is 139 Å². The van der Waals surface area contributed by atoms with E-state index in [9.17, 15) is 15.0 Å². The molecular weight excluding hydrogens is 288 g/mol. The van der Waals surface area contributed by atoms with Crippen LogP contribution < -0.4 is 0 Å². The standard InChI is InChI=1S/C20H30O3/c1-6-12-9-14(21)17-13(11(12)2)7-8-16-19(3,4)10-15(22)18(23)20(16,17)5/h6,9,11,13,15-18,22-23H,1,7-8,10H2,2-5H3. The molecule has 7 atom stereocenters. The van der Waals surface area contributed by atoms with E-state index < -0.39 is 17.6 Å². The van der Waals surface area contributed by atoms with Crippen LogP contribution in [0.2, 0.25) is 0 Å². The van der Waals surface area contributed by atoms with Crippen molar-refractivity contribution in [3.05, 3.63) is 24.3 Å². The highest BCUT2D eigenvalue weighted by Gasteiger charge is 2.63. The molecule has 3 aliphatic carbocycles. The van der Waals surface area contributed by atoms with E-state index in [0.717, 1.165) is 18.4 Å². The van der Waals surface area contributed by atoms with Gasteiger partial charge in [0, 0.05) is 11.3 Å². The van der Waals surface area contributed by atoms with Crippen LogP contribution in [0.4, 0.5) is 0 Å². The molecule has 0 saturated heterocycles. The zero-order valence-electron chi connectivity index (χ0n) is 14.7. The number of allylic oxidation sites excluding steroid dienone is 3. The predicted octanol–water partition coefficient (Wildman–Crippen LogP) is 3.12. The van der Waals surface area contributed by atoms with E-state index in [2.05, 4.69) is 27.4 Å². The molecule has 0 aromatic heterocycles. The SMILES string of the molecule is C=CC1=CC(=O)C2C(CCC3C(C)(C)CC(O)C(O)C23C)C1C. The van der Waals surface area contributed by atoms with Crippen molar-refractivity contribution in [1.82, 2.24) is 0 Å². The van der Waals surface area contributed by atoms with Crippen LogP contribution in [0.1, 0.15) is 47.0 Å². The number of carbonyl (C=O) groups excluding carboxylic acids is 1. The summed E-state index contributed by atoms with van der Waals surface area (Å²) in [5.41, 5.74) is 0.395. The first kappa shape index (κ1) is 16.9. The summed E-state index contributed by atoms with van der Waals surface area (Å²) < 4.78 is 0.